The molecule has 0 amide bonds. The minimum absolute atomic E-state index is 0.304. The smallest absolute Gasteiger partial charge is 0.298 e. The molecule has 1 N–H and O–H groups in total. The number of nitrogens with zero attached hydrogens (tertiary/aromatic N) is 3. The lowest BCUT2D eigenvalue weighted by molar-refractivity contribution is 0.627. The molecule has 2 aromatic heterocycles. The van der Waals surface area contributed by atoms with Gasteiger partial charge in [0, 0.05) is 10.9 Å². The van der Waals surface area contributed by atoms with Crippen LogP contribution in [-0.2, 0) is 0 Å². The van der Waals surface area contributed by atoms with Gasteiger partial charge in [-0.05, 0) is 36.8 Å². The summed E-state index contributed by atoms with van der Waals surface area (Å²) in [7, 11) is 0. The lowest BCUT2D eigenvalue weighted by Crippen LogP contribution is -2.17. The van der Waals surface area contributed by atoms with Gasteiger partial charge in [-0.25, -0.2) is 9.37 Å². The molecule has 0 saturated carbocycles. The van der Waals surface area contributed by atoms with E-state index in [1.807, 2.05) is 25.1 Å². The van der Waals surface area contributed by atoms with Gasteiger partial charge >= 0.3 is 0 Å². The van der Waals surface area contributed by atoms with E-state index in [1.54, 1.807) is 12.1 Å². The van der Waals surface area contributed by atoms with Gasteiger partial charge in [0.05, 0.1) is 6.21 Å². The number of H-pyrrole nitrogens is 1. The van der Waals surface area contributed by atoms with Crippen molar-refractivity contribution in [2.75, 3.05) is 0 Å². The van der Waals surface area contributed by atoms with Gasteiger partial charge in [0.1, 0.15) is 23.2 Å². The fourth-order valence-corrected chi connectivity index (χ4v) is 2.66. The van der Waals surface area contributed by atoms with E-state index in [2.05, 4.69) is 15.1 Å². The molecular weight excluding hydrogens is 307 g/mol. The molecule has 2 aromatic carbocycles. The molecule has 0 aliphatic heterocycles. The number of aryl methyl sites for hydroxylation is 1. The van der Waals surface area contributed by atoms with Gasteiger partial charge in [0.25, 0.3) is 5.56 Å². The van der Waals surface area contributed by atoms with Crippen molar-refractivity contribution in [2.24, 2.45) is 5.10 Å². The summed E-state index contributed by atoms with van der Waals surface area (Å²) in [4.78, 5) is 20.0. The van der Waals surface area contributed by atoms with Crippen LogP contribution in [0.15, 0.2) is 58.7 Å². The topological polar surface area (TPSA) is 63.0 Å². The molecule has 0 aliphatic carbocycles. The average Bonchev–Trinajstić information content (AvgIpc) is 2.93. The molecule has 0 spiro atoms. The Morgan fingerprint density at radius 1 is 1.25 bits per heavy atom. The molecule has 0 saturated heterocycles. The van der Waals surface area contributed by atoms with Crippen molar-refractivity contribution in [3.8, 4) is 0 Å². The maximum atomic E-state index is 13.2. The Kier molecular flexibility index (Phi) is 3.23. The van der Waals surface area contributed by atoms with Crippen LogP contribution < -0.4 is 5.56 Å². The highest BCUT2D eigenvalue weighted by Gasteiger charge is 2.10. The number of aromatic amines is 1. The summed E-state index contributed by atoms with van der Waals surface area (Å²) in [5, 5.41) is 4.99. The molecule has 0 aliphatic rings. The second kappa shape index (κ2) is 5.42. The summed E-state index contributed by atoms with van der Waals surface area (Å²) in [6.45, 7) is 1.99. The van der Waals surface area contributed by atoms with Crippen LogP contribution in [0.3, 0.4) is 0 Å². The number of rotatable bonds is 2. The number of nitrogens with one attached hydrogen (secondary N) is 1. The Bertz CT molecular complexity index is 1160. The largest absolute Gasteiger partial charge is 0.349 e. The van der Waals surface area contributed by atoms with Crippen LogP contribution in [0.2, 0.25) is 0 Å². The first-order valence-corrected chi connectivity index (χ1v) is 7.41. The maximum absolute atomic E-state index is 13.2. The van der Waals surface area contributed by atoms with Gasteiger partial charge in [0.15, 0.2) is 0 Å². The molecule has 4 rings (SSSR count). The van der Waals surface area contributed by atoms with Crippen LogP contribution >= 0.6 is 0 Å². The lowest BCUT2D eigenvalue weighted by Gasteiger charge is -1.98. The number of fused-ring (bicyclic) bond motifs is 3. The fraction of sp³-hybridized carbons (Fsp3) is 0.0556. The first kappa shape index (κ1) is 14.3. The number of hydrogen-bond acceptors (Lipinski definition) is 3. The third-order valence-corrected chi connectivity index (χ3v) is 3.82. The van der Waals surface area contributed by atoms with Crippen molar-refractivity contribution in [2.45, 2.75) is 6.92 Å². The van der Waals surface area contributed by atoms with E-state index in [0.717, 1.165) is 21.1 Å². The highest BCUT2D eigenvalue weighted by Crippen LogP contribution is 2.22. The average molecular weight is 320 g/mol. The van der Waals surface area contributed by atoms with Crippen molar-refractivity contribution in [1.29, 1.82) is 0 Å². The van der Waals surface area contributed by atoms with E-state index in [1.165, 1.54) is 24.7 Å². The zero-order chi connectivity index (χ0) is 16.7. The van der Waals surface area contributed by atoms with Gasteiger partial charge in [-0.2, -0.15) is 9.78 Å². The molecule has 24 heavy (non-hydrogen) atoms. The molecule has 4 aromatic rings. The number of aromatic nitrogens is 3. The molecule has 0 radical (unpaired) electrons. The van der Waals surface area contributed by atoms with E-state index >= 15 is 0 Å². The summed E-state index contributed by atoms with van der Waals surface area (Å²) in [6.07, 6.45) is 2.79. The van der Waals surface area contributed by atoms with Gasteiger partial charge in [-0.1, -0.05) is 23.8 Å². The molecular formula is C18H13FN4O. The molecule has 0 bridgehead atoms. The Morgan fingerprint density at radius 3 is 2.96 bits per heavy atom. The molecule has 0 fully saturated rings. The normalized spacial score (nSPS) is 11.8. The predicted molar refractivity (Wildman–Crippen MR) is 92.0 cm³/mol. The molecule has 0 unspecified atom stereocenters. The molecule has 118 valence electrons. The Balaban J connectivity index is 1.84. The number of benzene rings is 2. The number of hydrogen-bond donors (Lipinski definition) is 1. The highest BCUT2D eigenvalue weighted by atomic mass is 19.1. The minimum Gasteiger partial charge on any atom is -0.349 e. The molecule has 6 heteroatoms. The summed E-state index contributed by atoms with van der Waals surface area (Å²) in [5.74, 6) is -0.356. The Hall–Kier alpha value is -3.28. The maximum Gasteiger partial charge on any atom is 0.298 e. The zero-order valence-corrected chi connectivity index (χ0v) is 12.8. The van der Waals surface area contributed by atoms with Gasteiger partial charge < -0.3 is 4.98 Å². The molecule has 2 heterocycles. The molecule has 5 nitrogen and oxygen atoms in total. The number of halogens is 1. The van der Waals surface area contributed by atoms with E-state index in [4.69, 9.17) is 0 Å². The van der Waals surface area contributed by atoms with Gasteiger partial charge in [0.2, 0.25) is 0 Å². The third-order valence-electron chi connectivity index (χ3n) is 3.82. The van der Waals surface area contributed by atoms with E-state index < -0.39 is 0 Å². The SMILES string of the molecule is Cc1ccc2[nH]c3c(=O)n(/N=C/c4cccc(F)c4)cnc3c2c1. The summed E-state index contributed by atoms with van der Waals surface area (Å²) >= 11 is 0. The van der Waals surface area contributed by atoms with Crippen LogP contribution in [0.4, 0.5) is 4.39 Å². The van der Waals surface area contributed by atoms with E-state index in [-0.39, 0.29) is 11.4 Å². The predicted octanol–water partition coefficient (Wildman–Crippen LogP) is 3.21. The summed E-state index contributed by atoms with van der Waals surface area (Å²) in [6, 6.07) is 11.9. The Labute approximate surface area is 136 Å². The third kappa shape index (κ3) is 2.38. The van der Waals surface area contributed by atoms with E-state index in [9.17, 15) is 9.18 Å². The van der Waals surface area contributed by atoms with Crippen molar-refractivity contribution in [3.63, 3.8) is 0 Å². The minimum atomic E-state index is -0.356. The summed E-state index contributed by atoms with van der Waals surface area (Å²) in [5.41, 5.74) is 3.23. The van der Waals surface area contributed by atoms with Crippen LogP contribution in [-0.4, -0.2) is 20.9 Å². The van der Waals surface area contributed by atoms with Crippen molar-refractivity contribution in [1.82, 2.24) is 14.6 Å². The van der Waals surface area contributed by atoms with Crippen molar-refractivity contribution in [3.05, 3.63) is 76.1 Å². The first-order chi connectivity index (χ1) is 11.6. The first-order valence-electron chi connectivity index (χ1n) is 7.41. The van der Waals surface area contributed by atoms with Crippen molar-refractivity contribution >= 4 is 28.2 Å². The van der Waals surface area contributed by atoms with E-state index in [0.29, 0.717) is 16.6 Å². The highest BCUT2D eigenvalue weighted by molar-refractivity contribution is 6.04. The summed E-state index contributed by atoms with van der Waals surface area (Å²) < 4.78 is 14.3. The van der Waals surface area contributed by atoms with Crippen molar-refractivity contribution < 1.29 is 4.39 Å². The second-order valence-corrected chi connectivity index (χ2v) is 5.59. The van der Waals surface area contributed by atoms with Gasteiger partial charge in [-0.15, -0.1) is 0 Å². The fourth-order valence-electron chi connectivity index (χ4n) is 2.66. The Morgan fingerprint density at radius 2 is 2.12 bits per heavy atom. The van der Waals surface area contributed by atoms with Gasteiger partial charge in [-0.3, -0.25) is 4.79 Å². The van der Waals surface area contributed by atoms with Crippen LogP contribution in [0, 0.1) is 12.7 Å². The lowest BCUT2D eigenvalue weighted by atomic mass is 10.2. The second-order valence-electron chi connectivity index (χ2n) is 5.59. The van der Waals surface area contributed by atoms with Crippen LogP contribution in [0.25, 0.3) is 21.9 Å². The molecule has 0 atom stereocenters. The van der Waals surface area contributed by atoms with Crippen LogP contribution in [0.5, 0.6) is 0 Å². The standard InChI is InChI=1S/C18H13FN4O/c1-11-5-6-15-14(7-11)16-17(22-15)18(24)23(10-20-16)21-9-12-3-2-4-13(19)8-12/h2-10,22H,1H3/b21-9+. The monoisotopic (exact) mass is 320 g/mol. The quantitative estimate of drug-likeness (QED) is 0.576. The van der Waals surface area contributed by atoms with Crippen LogP contribution in [0.1, 0.15) is 11.1 Å². The zero-order valence-electron chi connectivity index (χ0n) is 12.8.